The van der Waals surface area contributed by atoms with Crippen LogP contribution >= 0.6 is 0 Å². The van der Waals surface area contributed by atoms with Crippen molar-refractivity contribution in [2.75, 3.05) is 40.3 Å². The highest BCUT2D eigenvalue weighted by atomic mass is 16.5. The molecule has 4 nitrogen and oxygen atoms in total. The highest BCUT2D eigenvalue weighted by Crippen LogP contribution is 2.14. The molecule has 1 N–H and O–H groups in total. The fourth-order valence-corrected chi connectivity index (χ4v) is 2.03. The molecule has 0 bridgehead atoms. The van der Waals surface area contributed by atoms with Gasteiger partial charge in [0.05, 0.1) is 7.11 Å². The summed E-state index contributed by atoms with van der Waals surface area (Å²) in [7, 11) is 3.62. The fraction of sp³-hybridized carbons (Fsp3) is 0.917. The van der Waals surface area contributed by atoms with E-state index in [1.807, 2.05) is 0 Å². The summed E-state index contributed by atoms with van der Waals surface area (Å²) < 4.78 is 4.59. The molecule has 0 saturated carbocycles. The van der Waals surface area contributed by atoms with Crippen molar-refractivity contribution in [3.8, 4) is 0 Å². The van der Waals surface area contributed by atoms with Gasteiger partial charge in [-0.2, -0.15) is 0 Å². The number of piperidine rings is 1. The molecule has 0 aliphatic carbocycles. The molecule has 94 valence electrons. The number of rotatable bonds is 6. The second kappa shape index (κ2) is 7.63. The van der Waals surface area contributed by atoms with Crippen molar-refractivity contribution >= 4 is 5.97 Å². The average molecular weight is 228 g/mol. The number of esters is 1. The van der Waals surface area contributed by atoms with Crippen LogP contribution in [0.4, 0.5) is 0 Å². The van der Waals surface area contributed by atoms with Gasteiger partial charge in [-0.05, 0) is 58.4 Å². The van der Waals surface area contributed by atoms with Crippen LogP contribution in [0.1, 0.15) is 25.7 Å². The standard InChI is InChI=1S/C12H24N2O2/c1-14-8-5-11(6-9-14)10-13-7-3-4-12(15)16-2/h11,13H,3-10H2,1-2H3. The normalized spacial score (nSPS) is 18.6. The maximum atomic E-state index is 10.9. The summed E-state index contributed by atoms with van der Waals surface area (Å²) in [5.41, 5.74) is 0. The SMILES string of the molecule is COC(=O)CCCNCC1CCN(C)CC1. The van der Waals surface area contributed by atoms with E-state index < -0.39 is 0 Å². The minimum absolute atomic E-state index is 0.110. The highest BCUT2D eigenvalue weighted by Gasteiger charge is 2.15. The quantitative estimate of drug-likeness (QED) is 0.541. The van der Waals surface area contributed by atoms with Crippen molar-refractivity contribution < 1.29 is 9.53 Å². The number of likely N-dealkylation sites (tertiary alicyclic amines) is 1. The number of carbonyl (C=O) groups excluding carboxylic acids is 1. The summed E-state index contributed by atoms with van der Waals surface area (Å²) in [6.07, 6.45) is 3.98. The van der Waals surface area contributed by atoms with E-state index in [9.17, 15) is 4.79 Å². The molecule has 0 spiro atoms. The van der Waals surface area contributed by atoms with Crippen LogP contribution in [-0.4, -0.2) is 51.2 Å². The van der Waals surface area contributed by atoms with Gasteiger partial charge in [0.25, 0.3) is 0 Å². The highest BCUT2D eigenvalue weighted by molar-refractivity contribution is 5.68. The van der Waals surface area contributed by atoms with E-state index in [4.69, 9.17) is 0 Å². The number of hydrogen-bond acceptors (Lipinski definition) is 4. The van der Waals surface area contributed by atoms with E-state index in [2.05, 4.69) is 22.0 Å². The third kappa shape index (κ3) is 5.47. The van der Waals surface area contributed by atoms with Gasteiger partial charge in [-0.3, -0.25) is 4.79 Å². The van der Waals surface area contributed by atoms with Crippen molar-refractivity contribution in [2.45, 2.75) is 25.7 Å². The zero-order valence-electron chi connectivity index (χ0n) is 10.5. The lowest BCUT2D eigenvalue weighted by Crippen LogP contribution is -2.35. The van der Waals surface area contributed by atoms with Gasteiger partial charge in [0.2, 0.25) is 0 Å². The summed E-state index contributed by atoms with van der Waals surface area (Å²) in [6.45, 7) is 4.44. The minimum Gasteiger partial charge on any atom is -0.469 e. The maximum Gasteiger partial charge on any atom is 0.305 e. The Labute approximate surface area is 98.3 Å². The molecule has 0 atom stereocenters. The lowest BCUT2D eigenvalue weighted by molar-refractivity contribution is -0.140. The first-order chi connectivity index (χ1) is 7.72. The predicted octanol–water partition coefficient (Wildman–Crippen LogP) is 0.871. The minimum atomic E-state index is -0.110. The Morgan fingerprint density at radius 2 is 2.12 bits per heavy atom. The second-order valence-corrected chi connectivity index (χ2v) is 4.63. The van der Waals surface area contributed by atoms with Crippen LogP contribution in [0.15, 0.2) is 0 Å². The Morgan fingerprint density at radius 1 is 1.44 bits per heavy atom. The van der Waals surface area contributed by atoms with Crippen molar-refractivity contribution in [3.63, 3.8) is 0 Å². The second-order valence-electron chi connectivity index (χ2n) is 4.63. The van der Waals surface area contributed by atoms with Gasteiger partial charge in [-0.15, -0.1) is 0 Å². The number of carbonyl (C=O) groups is 1. The smallest absolute Gasteiger partial charge is 0.305 e. The molecule has 4 heteroatoms. The fourth-order valence-electron chi connectivity index (χ4n) is 2.03. The zero-order chi connectivity index (χ0) is 11.8. The van der Waals surface area contributed by atoms with Crippen molar-refractivity contribution in [3.05, 3.63) is 0 Å². The van der Waals surface area contributed by atoms with E-state index in [0.717, 1.165) is 25.4 Å². The average Bonchev–Trinajstić information content (AvgIpc) is 2.31. The van der Waals surface area contributed by atoms with Crippen molar-refractivity contribution in [1.82, 2.24) is 10.2 Å². The van der Waals surface area contributed by atoms with Crippen LogP contribution in [0.2, 0.25) is 0 Å². The first kappa shape index (κ1) is 13.5. The van der Waals surface area contributed by atoms with Crippen LogP contribution in [0, 0.1) is 5.92 Å². The van der Waals surface area contributed by atoms with Crippen LogP contribution in [0.3, 0.4) is 0 Å². The molecule has 0 aromatic heterocycles. The molecule has 0 aromatic rings. The number of nitrogens with zero attached hydrogens (tertiary/aromatic N) is 1. The largest absolute Gasteiger partial charge is 0.469 e. The van der Waals surface area contributed by atoms with Crippen LogP contribution in [-0.2, 0) is 9.53 Å². The lowest BCUT2D eigenvalue weighted by atomic mass is 9.97. The zero-order valence-corrected chi connectivity index (χ0v) is 10.5. The van der Waals surface area contributed by atoms with Gasteiger partial charge in [-0.1, -0.05) is 0 Å². The van der Waals surface area contributed by atoms with Gasteiger partial charge in [0.15, 0.2) is 0 Å². The van der Waals surface area contributed by atoms with Crippen molar-refractivity contribution in [2.24, 2.45) is 5.92 Å². The number of nitrogens with one attached hydrogen (secondary N) is 1. The molecule has 16 heavy (non-hydrogen) atoms. The molecule has 1 fully saturated rings. The molecule has 0 radical (unpaired) electrons. The van der Waals surface area contributed by atoms with E-state index in [1.165, 1.54) is 33.0 Å². The summed E-state index contributed by atoms with van der Waals surface area (Å²) >= 11 is 0. The van der Waals surface area contributed by atoms with Gasteiger partial charge in [-0.25, -0.2) is 0 Å². The third-order valence-electron chi connectivity index (χ3n) is 3.23. The number of hydrogen-bond donors (Lipinski definition) is 1. The Kier molecular flexibility index (Phi) is 6.42. The third-order valence-corrected chi connectivity index (χ3v) is 3.23. The van der Waals surface area contributed by atoms with Gasteiger partial charge in [0, 0.05) is 6.42 Å². The van der Waals surface area contributed by atoms with Gasteiger partial charge >= 0.3 is 5.97 Å². The maximum absolute atomic E-state index is 10.9. The first-order valence-electron chi connectivity index (χ1n) is 6.18. The molecular formula is C12H24N2O2. The van der Waals surface area contributed by atoms with Crippen LogP contribution in [0.25, 0.3) is 0 Å². The number of ether oxygens (including phenoxy) is 1. The molecule has 1 heterocycles. The van der Waals surface area contributed by atoms with Gasteiger partial charge in [0.1, 0.15) is 0 Å². The Bertz CT molecular complexity index is 201. The van der Waals surface area contributed by atoms with E-state index >= 15 is 0 Å². The summed E-state index contributed by atoms with van der Waals surface area (Å²) in [5, 5.41) is 3.42. The summed E-state index contributed by atoms with van der Waals surface area (Å²) in [5.74, 6) is 0.704. The number of methoxy groups -OCH3 is 1. The first-order valence-corrected chi connectivity index (χ1v) is 6.18. The molecule has 1 rings (SSSR count). The Morgan fingerprint density at radius 3 is 2.75 bits per heavy atom. The molecule has 0 amide bonds. The monoisotopic (exact) mass is 228 g/mol. The Hall–Kier alpha value is -0.610. The van der Waals surface area contributed by atoms with E-state index in [-0.39, 0.29) is 5.97 Å². The summed E-state index contributed by atoms with van der Waals surface area (Å²) in [6, 6.07) is 0. The van der Waals surface area contributed by atoms with E-state index in [1.54, 1.807) is 0 Å². The van der Waals surface area contributed by atoms with E-state index in [0.29, 0.717) is 6.42 Å². The molecule has 1 aliphatic heterocycles. The topological polar surface area (TPSA) is 41.6 Å². The molecule has 0 unspecified atom stereocenters. The molecule has 1 aliphatic rings. The lowest BCUT2D eigenvalue weighted by Gasteiger charge is -2.29. The molecule has 1 saturated heterocycles. The van der Waals surface area contributed by atoms with Crippen molar-refractivity contribution in [1.29, 1.82) is 0 Å². The molecular weight excluding hydrogens is 204 g/mol. The van der Waals surface area contributed by atoms with Gasteiger partial charge < -0.3 is 15.0 Å². The van der Waals surface area contributed by atoms with Crippen LogP contribution < -0.4 is 5.32 Å². The van der Waals surface area contributed by atoms with Crippen LogP contribution in [0.5, 0.6) is 0 Å². The predicted molar refractivity (Wildman–Crippen MR) is 64.3 cm³/mol. The Balaban J connectivity index is 1.93. The summed E-state index contributed by atoms with van der Waals surface area (Å²) in [4.78, 5) is 13.2. The molecule has 0 aromatic carbocycles.